The van der Waals surface area contributed by atoms with Gasteiger partial charge in [0.15, 0.2) is 0 Å². The van der Waals surface area contributed by atoms with Crippen molar-refractivity contribution in [3.05, 3.63) is 67.8 Å². The smallest absolute Gasteiger partial charge is 0.0120 e. The summed E-state index contributed by atoms with van der Waals surface area (Å²) >= 11 is 0. The van der Waals surface area contributed by atoms with Gasteiger partial charge in [-0.15, -0.1) is 0 Å². The number of fused-ring (bicyclic) bond motifs is 1. The van der Waals surface area contributed by atoms with Crippen molar-refractivity contribution in [2.45, 2.75) is 69.2 Å². The van der Waals surface area contributed by atoms with Gasteiger partial charge in [0.25, 0.3) is 0 Å². The van der Waals surface area contributed by atoms with E-state index in [9.17, 15) is 0 Å². The third-order valence-electron chi connectivity index (χ3n) is 7.24. The molecule has 0 unspecified atom stereocenters. The maximum Gasteiger partial charge on any atom is -0.0120 e. The predicted molar refractivity (Wildman–Crippen MR) is 116 cm³/mol. The van der Waals surface area contributed by atoms with E-state index in [1.807, 2.05) is 0 Å². The lowest BCUT2D eigenvalue weighted by Gasteiger charge is -2.18. The largest absolute Gasteiger partial charge is 0.0462 e. The Hall–Kier alpha value is -2.08. The molecule has 0 heterocycles. The van der Waals surface area contributed by atoms with E-state index in [2.05, 4.69) is 81.4 Å². The van der Waals surface area contributed by atoms with Gasteiger partial charge in [0.05, 0.1) is 0 Å². The quantitative estimate of drug-likeness (QED) is 0.427. The van der Waals surface area contributed by atoms with E-state index in [1.54, 1.807) is 0 Å². The standard InChI is InChI=1S/C26H32/c1-13-15(3)19(7)24-11-23(12-25(24)20(8)16(13)4)26-21(9)17(5)14(2)18(6)22(26)10/h11-12H,1-10H3. The molecule has 1 aromatic rings. The molecule has 2 aliphatic rings. The molecule has 1 aromatic carbocycles. The molecule has 0 N–H and O–H groups in total. The molecule has 0 aromatic heterocycles. The molecule has 0 aliphatic heterocycles. The molecule has 0 bridgehead atoms. The van der Waals surface area contributed by atoms with Gasteiger partial charge in [-0.2, -0.15) is 0 Å². The fourth-order valence-electron chi connectivity index (χ4n) is 4.45. The summed E-state index contributed by atoms with van der Waals surface area (Å²) in [6.07, 6.45) is 0. The molecule has 0 saturated heterocycles. The van der Waals surface area contributed by atoms with Crippen LogP contribution in [0.1, 0.15) is 55.6 Å². The Morgan fingerprint density at radius 2 is 0.615 bits per heavy atom. The summed E-state index contributed by atoms with van der Waals surface area (Å²) in [5, 5.41) is 0. The van der Waals surface area contributed by atoms with E-state index < -0.39 is 0 Å². The number of hydrogen-bond acceptors (Lipinski definition) is 0. The summed E-state index contributed by atoms with van der Waals surface area (Å²) < 4.78 is 0. The molecule has 0 spiro atoms. The number of rotatable bonds is 1. The molecule has 3 rings (SSSR count). The summed E-state index contributed by atoms with van der Waals surface area (Å²) in [6, 6.07) is 4.85. The summed E-state index contributed by atoms with van der Waals surface area (Å²) in [4.78, 5) is 0. The molecule has 136 valence electrons. The molecule has 0 saturated carbocycles. The lowest BCUT2D eigenvalue weighted by atomic mass is 9.87. The minimum atomic E-state index is 1.37. The zero-order chi connectivity index (χ0) is 19.5. The summed E-state index contributed by atoms with van der Waals surface area (Å²) in [6.45, 7) is 22.7. The highest BCUT2D eigenvalue weighted by molar-refractivity contribution is 5.87. The van der Waals surface area contributed by atoms with E-state index in [0.29, 0.717) is 0 Å². The third kappa shape index (κ3) is 2.50. The lowest BCUT2D eigenvalue weighted by Crippen LogP contribution is -1.98. The van der Waals surface area contributed by atoms with Gasteiger partial charge in [0.1, 0.15) is 0 Å². The Morgan fingerprint density at radius 3 is 0.962 bits per heavy atom. The second-order valence-electron chi connectivity index (χ2n) is 8.20. The first-order valence-electron chi connectivity index (χ1n) is 9.65. The molecule has 0 heteroatoms. The average molecular weight is 345 g/mol. The first-order chi connectivity index (χ1) is 12.1. The Bertz CT molecular complexity index is 941. The van der Waals surface area contributed by atoms with Gasteiger partial charge in [0.2, 0.25) is 0 Å². The molecular formula is C26H32. The van der Waals surface area contributed by atoms with Crippen LogP contribution in [0.25, 0.3) is 22.3 Å². The van der Waals surface area contributed by atoms with Crippen molar-refractivity contribution in [3.8, 4) is 22.3 Å². The normalized spacial score (nSPS) is 11.5. The minimum Gasteiger partial charge on any atom is -0.0462 e. The monoisotopic (exact) mass is 344 g/mol. The van der Waals surface area contributed by atoms with Gasteiger partial charge in [-0.05, 0) is 159 Å². The van der Waals surface area contributed by atoms with Crippen molar-refractivity contribution >= 4 is 0 Å². The zero-order valence-corrected chi connectivity index (χ0v) is 18.2. The minimum absolute atomic E-state index is 1.37. The van der Waals surface area contributed by atoms with Gasteiger partial charge in [-0.25, -0.2) is 0 Å². The Morgan fingerprint density at radius 1 is 0.346 bits per heavy atom. The van der Waals surface area contributed by atoms with Crippen LogP contribution in [0.3, 0.4) is 0 Å². The van der Waals surface area contributed by atoms with Crippen LogP contribution in [0, 0.1) is 69.2 Å². The van der Waals surface area contributed by atoms with Gasteiger partial charge < -0.3 is 0 Å². The van der Waals surface area contributed by atoms with Gasteiger partial charge in [0, 0.05) is 0 Å². The maximum absolute atomic E-state index is 2.42. The van der Waals surface area contributed by atoms with E-state index in [4.69, 9.17) is 0 Å². The first-order valence-corrected chi connectivity index (χ1v) is 9.65. The molecule has 0 atom stereocenters. The summed E-state index contributed by atoms with van der Waals surface area (Å²) in [7, 11) is 0. The fraction of sp³-hybridized carbons (Fsp3) is 0.385. The Labute approximate surface area is 159 Å². The van der Waals surface area contributed by atoms with Crippen LogP contribution in [0.4, 0.5) is 0 Å². The van der Waals surface area contributed by atoms with Crippen molar-refractivity contribution in [2.75, 3.05) is 0 Å². The van der Waals surface area contributed by atoms with Crippen molar-refractivity contribution in [1.82, 2.24) is 0 Å². The first kappa shape index (κ1) is 18.7. The van der Waals surface area contributed by atoms with Crippen LogP contribution >= 0.6 is 0 Å². The van der Waals surface area contributed by atoms with Crippen LogP contribution in [-0.4, -0.2) is 0 Å². The van der Waals surface area contributed by atoms with Crippen molar-refractivity contribution in [2.24, 2.45) is 0 Å². The van der Waals surface area contributed by atoms with Gasteiger partial charge >= 0.3 is 0 Å². The predicted octanol–water partition coefficient (Wildman–Crippen LogP) is 7.54. The van der Waals surface area contributed by atoms with E-state index in [0.717, 1.165) is 0 Å². The molecule has 0 fully saturated rings. The van der Waals surface area contributed by atoms with Gasteiger partial charge in [-0.1, -0.05) is 0 Å². The molecule has 26 heavy (non-hydrogen) atoms. The number of hydrogen-bond donors (Lipinski definition) is 0. The van der Waals surface area contributed by atoms with Crippen LogP contribution in [0.2, 0.25) is 0 Å². The maximum atomic E-state index is 2.42. The molecule has 2 aliphatic carbocycles. The molecule has 0 amide bonds. The van der Waals surface area contributed by atoms with Crippen LogP contribution < -0.4 is 0 Å². The third-order valence-corrected chi connectivity index (χ3v) is 7.24. The Balaban J connectivity index is 2.45. The highest BCUT2D eigenvalue weighted by Crippen LogP contribution is 2.42. The lowest BCUT2D eigenvalue weighted by molar-refractivity contribution is 1.18. The molecule has 0 radical (unpaired) electrons. The summed E-state index contributed by atoms with van der Waals surface area (Å²) in [5.74, 6) is 0. The fourth-order valence-corrected chi connectivity index (χ4v) is 4.45. The van der Waals surface area contributed by atoms with Crippen LogP contribution in [-0.2, 0) is 0 Å². The van der Waals surface area contributed by atoms with E-state index >= 15 is 0 Å². The highest BCUT2D eigenvalue weighted by Gasteiger charge is 2.20. The van der Waals surface area contributed by atoms with Crippen LogP contribution in [0.5, 0.6) is 0 Å². The van der Waals surface area contributed by atoms with Crippen molar-refractivity contribution in [1.29, 1.82) is 0 Å². The van der Waals surface area contributed by atoms with E-state index in [-0.39, 0.29) is 0 Å². The van der Waals surface area contributed by atoms with Crippen LogP contribution in [0.15, 0.2) is 12.1 Å². The highest BCUT2D eigenvalue weighted by atomic mass is 14.2. The Kier molecular flexibility index (Phi) is 4.51. The van der Waals surface area contributed by atoms with E-state index in [1.165, 1.54) is 77.9 Å². The number of benzene rings is 1. The second kappa shape index (κ2) is 6.27. The molecular weight excluding hydrogens is 312 g/mol. The average Bonchev–Trinajstić information content (AvgIpc) is 3.04. The van der Waals surface area contributed by atoms with Crippen molar-refractivity contribution < 1.29 is 0 Å². The zero-order valence-electron chi connectivity index (χ0n) is 18.2. The van der Waals surface area contributed by atoms with Gasteiger partial charge in [-0.3, -0.25) is 0 Å². The van der Waals surface area contributed by atoms with Crippen molar-refractivity contribution in [3.63, 3.8) is 0 Å². The summed E-state index contributed by atoms with van der Waals surface area (Å²) in [5.41, 5.74) is 19.8. The second-order valence-corrected chi connectivity index (χ2v) is 8.20. The molecule has 0 nitrogen and oxygen atoms in total. The SMILES string of the molecule is Cc1c2cc(-c3c(C)c(C)c(C)c(C)c3C)cc-2c(C)c(C)c(C)c1C. The topological polar surface area (TPSA) is 0 Å².